The second-order valence-corrected chi connectivity index (χ2v) is 7.91. The fourth-order valence-corrected chi connectivity index (χ4v) is 3.94. The number of hydrogen-bond donors (Lipinski definition) is 2. The van der Waals surface area contributed by atoms with Gasteiger partial charge in [-0.05, 0) is 74.8 Å². The van der Waals surface area contributed by atoms with Crippen LogP contribution in [0.3, 0.4) is 0 Å². The summed E-state index contributed by atoms with van der Waals surface area (Å²) < 4.78 is 5.86. The van der Waals surface area contributed by atoms with E-state index < -0.39 is 0 Å². The van der Waals surface area contributed by atoms with Crippen LogP contribution in [0.4, 0.5) is 11.4 Å². The molecule has 2 aliphatic heterocycles. The van der Waals surface area contributed by atoms with Gasteiger partial charge in [-0.3, -0.25) is 4.79 Å². The molecular formula is C23H26ClN3O2. The lowest BCUT2D eigenvalue weighted by molar-refractivity contribution is -0.110. The maximum absolute atomic E-state index is 12.2. The molecule has 1 saturated heterocycles. The lowest BCUT2D eigenvalue weighted by Gasteiger charge is -2.26. The normalized spacial score (nSPS) is 17.8. The Hall–Kier alpha value is -2.50. The Morgan fingerprint density at radius 1 is 1.10 bits per heavy atom. The first-order valence-corrected chi connectivity index (χ1v) is 10.6. The van der Waals surface area contributed by atoms with Gasteiger partial charge in [0.15, 0.2) is 0 Å². The highest BCUT2D eigenvalue weighted by molar-refractivity contribution is 6.34. The van der Waals surface area contributed by atoms with Crippen LogP contribution in [0.5, 0.6) is 5.75 Å². The number of fused-ring (bicyclic) bond motifs is 1. The maximum Gasteiger partial charge on any atom is 0.257 e. The molecule has 0 saturated carbocycles. The first kappa shape index (κ1) is 19.8. The number of anilines is 2. The van der Waals surface area contributed by atoms with Crippen LogP contribution >= 0.6 is 11.6 Å². The summed E-state index contributed by atoms with van der Waals surface area (Å²) in [6, 6.07) is 13.2. The van der Waals surface area contributed by atoms with Crippen molar-refractivity contribution >= 4 is 34.5 Å². The van der Waals surface area contributed by atoms with Gasteiger partial charge in [0.25, 0.3) is 5.91 Å². The van der Waals surface area contributed by atoms with Crippen molar-refractivity contribution in [2.45, 2.75) is 25.7 Å². The van der Waals surface area contributed by atoms with Crippen molar-refractivity contribution in [1.82, 2.24) is 4.90 Å². The van der Waals surface area contributed by atoms with E-state index in [-0.39, 0.29) is 5.91 Å². The van der Waals surface area contributed by atoms with Crippen molar-refractivity contribution in [1.29, 1.82) is 0 Å². The van der Waals surface area contributed by atoms with Gasteiger partial charge in [0.2, 0.25) is 0 Å². The zero-order valence-electron chi connectivity index (χ0n) is 16.4. The smallest absolute Gasteiger partial charge is 0.257 e. The molecule has 0 unspecified atom stereocenters. The standard InChI is InChI=1S/C23H26ClN3O2/c24-17-5-10-22-20(15-17)21(23(28)26-22)16-25-18-6-8-19(9-7-18)29-14-4-13-27-11-2-1-3-12-27/h5-10,15-16,25H,1-4,11-14H2,(H,26,28)/b21-16+. The molecule has 2 aliphatic rings. The highest BCUT2D eigenvalue weighted by Crippen LogP contribution is 2.33. The topological polar surface area (TPSA) is 53.6 Å². The Balaban J connectivity index is 1.28. The van der Waals surface area contributed by atoms with E-state index in [2.05, 4.69) is 15.5 Å². The van der Waals surface area contributed by atoms with Crippen LogP contribution in [-0.2, 0) is 4.79 Å². The van der Waals surface area contributed by atoms with Gasteiger partial charge in [-0.15, -0.1) is 0 Å². The minimum Gasteiger partial charge on any atom is -0.494 e. The monoisotopic (exact) mass is 411 g/mol. The number of likely N-dealkylation sites (tertiary alicyclic amines) is 1. The number of hydrogen-bond acceptors (Lipinski definition) is 4. The minimum absolute atomic E-state index is 0.136. The quantitative estimate of drug-likeness (QED) is 0.497. The van der Waals surface area contributed by atoms with Gasteiger partial charge in [-0.1, -0.05) is 18.0 Å². The van der Waals surface area contributed by atoms with E-state index in [1.54, 1.807) is 18.3 Å². The number of benzene rings is 2. The SMILES string of the molecule is O=C1Nc2ccc(Cl)cc2/C1=C\Nc1ccc(OCCCN2CCCCC2)cc1. The molecule has 0 aliphatic carbocycles. The van der Waals surface area contributed by atoms with E-state index in [9.17, 15) is 4.79 Å². The van der Waals surface area contributed by atoms with Crippen LogP contribution in [0, 0.1) is 0 Å². The second-order valence-electron chi connectivity index (χ2n) is 7.48. The number of rotatable bonds is 7. The summed E-state index contributed by atoms with van der Waals surface area (Å²) in [6.45, 7) is 4.29. The first-order valence-electron chi connectivity index (χ1n) is 10.2. The molecule has 0 bridgehead atoms. The molecule has 2 heterocycles. The summed E-state index contributed by atoms with van der Waals surface area (Å²) in [5.74, 6) is 0.723. The van der Waals surface area contributed by atoms with Gasteiger partial charge >= 0.3 is 0 Å². The average Bonchev–Trinajstić information content (AvgIpc) is 3.05. The highest BCUT2D eigenvalue weighted by Gasteiger charge is 2.24. The van der Waals surface area contributed by atoms with Crippen LogP contribution in [0.2, 0.25) is 5.02 Å². The number of carbonyl (C=O) groups excluding carboxylic acids is 1. The van der Waals surface area contributed by atoms with E-state index >= 15 is 0 Å². The molecular weight excluding hydrogens is 386 g/mol. The number of carbonyl (C=O) groups is 1. The molecule has 0 aromatic heterocycles. The van der Waals surface area contributed by atoms with Crippen molar-refractivity contribution in [3.05, 3.63) is 59.3 Å². The van der Waals surface area contributed by atoms with E-state index in [4.69, 9.17) is 16.3 Å². The van der Waals surface area contributed by atoms with Gasteiger partial charge < -0.3 is 20.3 Å². The lowest BCUT2D eigenvalue weighted by atomic mass is 10.1. The van der Waals surface area contributed by atoms with Crippen LogP contribution in [0.25, 0.3) is 5.57 Å². The summed E-state index contributed by atoms with van der Waals surface area (Å²) in [4.78, 5) is 14.7. The molecule has 6 heteroatoms. The fourth-order valence-electron chi connectivity index (χ4n) is 3.77. The minimum atomic E-state index is -0.136. The number of ether oxygens (including phenoxy) is 1. The molecule has 0 radical (unpaired) electrons. The van der Waals surface area contributed by atoms with Crippen LogP contribution in [-0.4, -0.2) is 37.0 Å². The third-order valence-corrected chi connectivity index (χ3v) is 5.57. The molecule has 5 nitrogen and oxygen atoms in total. The molecule has 0 atom stereocenters. The summed E-state index contributed by atoms with van der Waals surface area (Å²) in [5, 5.41) is 6.63. The lowest BCUT2D eigenvalue weighted by Crippen LogP contribution is -2.31. The zero-order chi connectivity index (χ0) is 20.1. The van der Waals surface area contributed by atoms with Crippen LogP contribution in [0.15, 0.2) is 48.7 Å². The number of halogens is 1. The number of piperidine rings is 1. The highest BCUT2D eigenvalue weighted by atomic mass is 35.5. The van der Waals surface area contributed by atoms with Gasteiger partial charge in [-0.2, -0.15) is 0 Å². The van der Waals surface area contributed by atoms with Gasteiger partial charge in [0, 0.05) is 34.7 Å². The van der Waals surface area contributed by atoms with Gasteiger partial charge in [0.05, 0.1) is 12.2 Å². The zero-order valence-corrected chi connectivity index (χ0v) is 17.2. The number of amides is 1. The molecule has 152 valence electrons. The molecule has 0 spiro atoms. The summed E-state index contributed by atoms with van der Waals surface area (Å²) >= 11 is 6.06. The van der Waals surface area contributed by atoms with Crippen molar-refractivity contribution in [3.63, 3.8) is 0 Å². The van der Waals surface area contributed by atoms with Crippen LogP contribution in [0.1, 0.15) is 31.2 Å². The first-order chi connectivity index (χ1) is 14.2. The predicted octanol–water partition coefficient (Wildman–Crippen LogP) is 5.00. The molecule has 2 aromatic carbocycles. The van der Waals surface area contributed by atoms with Gasteiger partial charge in [0.1, 0.15) is 5.75 Å². The van der Waals surface area contributed by atoms with E-state index in [1.807, 2.05) is 30.3 Å². The fraction of sp³-hybridized carbons (Fsp3) is 0.348. The predicted molar refractivity (Wildman–Crippen MR) is 119 cm³/mol. The summed E-state index contributed by atoms with van der Waals surface area (Å²) in [5.41, 5.74) is 3.05. The Morgan fingerprint density at radius 3 is 2.69 bits per heavy atom. The Morgan fingerprint density at radius 2 is 1.90 bits per heavy atom. The Bertz CT molecular complexity index is 889. The molecule has 1 fully saturated rings. The maximum atomic E-state index is 12.2. The molecule has 4 rings (SSSR count). The Labute approximate surface area is 176 Å². The average molecular weight is 412 g/mol. The number of nitrogens with one attached hydrogen (secondary N) is 2. The third-order valence-electron chi connectivity index (χ3n) is 5.34. The molecule has 29 heavy (non-hydrogen) atoms. The second kappa shape index (κ2) is 9.33. The molecule has 2 N–H and O–H groups in total. The van der Waals surface area contributed by atoms with Crippen molar-refractivity contribution in [2.24, 2.45) is 0 Å². The van der Waals surface area contributed by atoms with Crippen LogP contribution < -0.4 is 15.4 Å². The van der Waals surface area contributed by atoms with Crippen molar-refractivity contribution in [2.75, 3.05) is 36.9 Å². The van der Waals surface area contributed by atoms with E-state index in [0.29, 0.717) is 10.6 Å². The molecule has 1 amide bonds. The van der Waals surface area contributed by atoms with Crippen molar-refractivity contribution in [3.8, 4) is 5.75 Å². The third kappa shape index (κ3) is 5.11. The van der Waals surface area contributed by atoms with E-state index in [1.165, 1.54) is 32.4 Å². The van der Waals surface area contributed by atoms with Gasteiger partial charge in [-0.25, -0.2) is 0 Å². The summed E-state index contributed by atoms with van der Waals surface area (Å²) in [7, 11) is 0. The van der Waals surface area contributed by atoms with E-state index in [0.717, 1.165) is 42.3 Å². The Kier molecular flexibility index (Phi) is 6.37. The molecule has 2 aromatic rings. The van der Waals surface area contributed by atoms with Crippen molar-refractivity contribution < 1.29 is 9.53 Å². The summed E-state index contributed by atoms with van der Waals surface area (Å²) in [6.07, 6.45) is 6.78. The largest absolute Gasteiger partial charge is 0.494 e. The number of nitrogens with zero attached hydrogens (tertiary/aromatic N) is 1.